The maximum Gasteiger partial charge on any atom is 0.309 e. The maximum atomic E-state index is 13.3. The molecule has 4 rings (SSSR count). The van der Waals surface area contributed by atoms with Crippen LogP contribution in [0.3, 0.4) is 0 Å². The number of rotatable bonds is 9. The van der Waals surface area contributed by atoms with Gasteiger partial charge in [-0.25, -0.2) is 0 Å². The minimum atomic E-state index is -0.756. The second-order valence-corrected chi connectivity index (χ2v) is 10.5. The summed E-state index contributed by atoms with van der Waals surface area (Å²) in [6.45, 7) is 1.14. The summed E-state index contributed by atoms with van der Waals surface area (Å²) >= 11 is 2.85. The number of hydrogen-bond acceptors (Lipinski definition) is 9. The molecule has 1 aromatic carbocycles. The average Bonchev–Trinajstić information content (AvgIpc) is 3.39. The minimum Gasteiger partial charge on any atom is -0.469 e. The third-order valence-corrected chi connectivity index (χ3v) is 7.95. The summed E-state index contributed by atoms with van der Waals surface area (Å²) in [5, 5.41) is 6.98. The fourth-order valence-corrected chi connectivity index (χ4v) is 5.96. The number of thioether (sulfide) groups is 1. The first-order valence-electron chi connectivity index (χ1n) is 11.4. The molecule has 0 radical (unpaired) electrons. The molecule has 194 valence electrons. The van der Waals surface area contributed by atoms with Crippen LogP contribution in [0.4, 0.5) is 5.69 Å². The molecule has 12 heteroatoms. The predicted molar refractivity (Wildman–Crippen MR) is 137 cm³/mol. The van der Waals surface area contributed by atoms with Crippen molar-refractivity contribution in [3.8, 4) is 0 Å². The van der Waals surface area contributed by atoms with E-state index in [-0.39, 0.29) is 37.0 Å². The summed E-state index contributed by atoms with van der Waals surface area (Å²) in [5.74, 6) is -1.75. The van der Waals surface area contributed by atoms with Gasteiger partial charge >= 0.3 is 11.9 Å². The number of fused-ring (bicyclic) bond motifs is 1. The van der Waals surface area contributed by atoms with Crippen LogP contribution in [0.25, 0.3) is 0 Å². The SMILES string of the molecule is COC(=O)Cc1ccc(NC(=O)C2=C(COC(C)=O)CS[C@@H]3[C@H](NC(=O)Cc4cccs4)C(=O)N23)cc1. The first-order chi connectivity index (χ1) is 17.8. The van der Waals surface area contributed by atoms with E-state index in [1.54, 1.807) is 24.3 Å². The van der Waals surface area contributed by atoms with Gasteiger partial charge in [0.1, 0.15) is 23.7 Å². The Morgan fingerprint density at radius 2 is 1.86 bits per heavy atom. The largest absolute Gasteiger partial charge is 0.469 e. The van der Waals surface area contributed by atoms with E-state index in [4.69, 9.17) is 4.74 Å². The van der Waals surface area contributed by atoms with E-state index in [0.29, 0.717) is 22.6 Å². The highest BCUT2D eigenvalue weighted by atomic mass is 32.2. The highest BCUT2D eigenvalue weighted by Gasteiger charge is 2.54. The lowest BCUT2D eigenvalue weighted by atomic mass is 10.0. The minimum absolute atomic E-state index is 0.100. The lowest BCUT2D eigenvalue weighted by molar-refractivity contribution is -0.147. The zero-order chi connectivity index (χ0) is 26.5. The molecule has 1 fully saturated rings. The average molecular weight is 544 g/mol. The third-order valence-electron chi connectivity index (χ3n) is 5.73. The molecule has 10 nitrogen and oxygen atoms in total. The molecule has 0 spiro atoms. The zero-order valence-electron chi connectivity index (χ0n) is 20.1. The Labute approximate surface area is 221 Å². The molecule has 1 aromatic heterocycles. The number of ether oxygens (including phenoxy) is 2. The number of amides is 3. The highest BCUT2D eigenvalue weighted by molar-refractivity contribution is 8.00. The van der Waals surface area contributed by atoms with Crippen LogP contribution in [0.15, 0.2) is 53.0 Å². The van der Waals surface area contributed by atoms with E-state index in [0.717, 1.165) is 4.88 Å². The molecule has 3 heterocycles. The van der Waals surface area contributed by atoms with Gasteiger partial charge in [0.05, 0.1) is 20.0 Å². The van der Waals surface area contributed by atoms with Gasteiger partial charge in [-0.05, 0) is 29.1 Å². The van der Waals surface area contributed by atoms with E-state index in [1.165, 1.54) is 42.0 Å². The summed E-state index contributed by atoms with van der Waals surface area (Å²) in [6.07, 6.45) is 0.273. The normalized spacial score (nSPS) is 18.4. The molecule has 2 atom stereocenters. The van der Waals surface area contributed by atoms with Gasteiger partial charge in [0, 0.05) is 28.8 Å². The van der Waals surface area contributed by atoms with Gasteiger partial charge in [0.2, 0.25) is 5.91 Å². The molecular weight excluding hydrogens is 518 g/mol. The van der Waals surface area contributed by atoms with E-state index in [1.807, 2.05) is 17.5 Å². The Morgan fingerprint density at radius 1 is 1.11 bits per heavy atom. The number of carbonyl (C=O) groups excluding carboxylic acids is 5. The van der Waals surface area contributed by atoms with Crippen LogP contribution in [0.2, 0.25) is 0 Å². The Bertz CT molecular complexity index is 1240. The lowest BCUT2D eigenvalue weighted by Gasteiger charge is -2.50. The number of hydrogen-bond donors (Lipinski definition) is 2. The first kappa shape index (κ1) is 26.4. The molecule has 2 N–H and O–H groups in total. The number of anilines is 1. The molecule has 37 heavy (non-hydrogen) atoms. The van der Waals surface area contributed by atoms with E-state index in [9.17, 15) is 24.0 Å². The van der Waals surface area contributed by atoms with Gasteiger partial charge in [0.15, 0.2) is 0 Å². The van der Waals surface area contributed by atoms with Gasteiger partial charge in [-0.2, -0.15) is 0 Å². The van der Waals surface area contributed by atoms with Crippen molar-refractivity contribution in [2.24, 2.45) is 0 Å². The number of methoxy groups -OCH3 is 1. The molecule has 3 amide bonds. The highest BCUT2D eigenvalue weighted by Crippen LogP contribution is 2.40. The smallest absolute Gasteiger partial charge is 0.309 e. The number of thiophene rings is 1. The Hall–Kier alpha value is -3.64. The second kappa shape index (κ2) is 11.6. The molecule has 2 aliphatic heterocycles. The number of β-lactam (4-membered cyclic amide) rings is 1. The Morgan fingerprint density at radius 3 is 2.51 bits per heavy atom. The van der Waals surface area contributed by atoms with Gasteiger partial charge in [-0.1, -0.05) is 18.2 Å². The number of benzene rings is 1. The van der Waals surface area contributed by atoms with Crippen LogP contribution >= 0.6 is 23.1 Å². The molecule has 0 aliphatic carbocycles. The fraction of sp³-hybridized carbons (Fsp3) is 0.320. The molecule has 0 unspecified atom stereocenters. The van der Waals surface area contributed by atoms with Gasteiger partial charge in [-0.15, -0.1) is 23.1 Å². The molecule has 2 aliphatic rings. The Kier molecular flexibility index (Phi) is 8.29. The summed E-state index contributed by atoms with van der Waals surface area (Å²) in [5.41, 5.74) is 1.78. The van der Waals surface area contributed by atoms with Crippen molar-refractivity contribution in [1.82, 2.24) is 10.2 Å². The molecule has 2 aromatic rings. The van der Waals surface area contributed by atoms with Gasteiger partial charge in [-0.3, -0.25) is 28.9 Å². The van der Waals surface area contributed by atoms with E-state index in [2.05, 4.69) is 15.4 Å². The quantitative estimate of drug-likeness (QED) is 0.362. The van der Waals surface area contributed by atoms with Crippen molar-refractivity contribution in [3.05, 3.63) is 63.5 Å². The van der Waals surface area contributed by atoms with Crippen LogP contribution in [0, 0.1) is 0 Å². The van der Waals surface area contributed by atoms with Crippen molar-refractivity contribution in [2.75, 3.05) is 24.8 Å². The topological polar surface area (TPSA) is 131 Å². The van der Waals surface area contributed by atoms with Crippen LogP contribution in [0.1, 0.15) is 17.4 Å². The molecule has 0 bridgehead atoms. The number of esters is 2. The van der Waals surface area contributed by atoms with Crippen molar-refractivity contribution < 1.29 is 33.4 Å². The fourth-order valence-electron chi connectivity index (χ4n) is 3.93. The van der Waals surface area contributed by atoms with E-state index >= 15 is 0 Å². The van der Waals surface area contributed by atoms with Crippen LogP contribution in [0.5, 0.6) is 0 Å². The summed E-state index contributed by atoms with van der Waals surface area (Å²) in [6, 6.07) is 9.61. The van der Waals surface area contributed by atoms with Crippen LogP contribution in [-0.4, -0.2) is 65.4 Å². The molecular formula is C25H25N3O7S2. The number of nitrogens with one attached hydrogen (secondary N) is 2. The van der Waals surface area contributed by atoms with Gasteiger partial charge in [0.25, 0.3) is 11.8 Å². The monoisotopic (exact) mass is 543 g/mol. The Balaban J connectivity index is 1.48. The zero-order valence-corrected chi connectivity index (χ0v) is 21.8. The second-order valence-electron chi connectivity index (χ2n) is 8.35. The predicted octanol–water partition coefficient (Wildman–Crippen LogP) is 1.86. The first-order valence-corrected chi connectivity index (χ1v) is 13.3. The summed E-state index contributed by atoms with van der Waals surface area (Å²) in [4.78, 5) is 64.0. The van der Waals surface area contributed by atoms with Crippen LogP contribution in [-0.2, 0) is 46.3 Å². The summed E-state index contributed by atoms with van der Waals surface area (Å²) in [7, 11) is 1.31. The van der Waals surface area contributed by atoms with Crippen molar-refractivity contribution in [2.45, 2.75) is 31.2 Å². The lowest BCUT2D eigenvalue weighted by Crippen LogP contribution is -2.71. The van der Waals surface area contributed by atoms with E-state index < -0.39 is 29.2 Å². The molecule has 0 saturated carbocycles. The van der Waals surface area contributed by atoms with Crippen molar-refractivity contribution in [3.63, 3.8) is 0 Å². The van der Waals surface area contributed by atoms with Crippen molar-refractivity contribution >= 4 is 58.4 Å². The number of nitrogens with zero attached hydrogens (tertiary/aromatic N) is 1. The standard InChI is InChI=1S/C25H25N3O7S2/c1-14(29)35-12-16-13-37-25-21(27-19(30)11-18-4-3-9-36-18)24(33)28(25)22(16)23(32)26-17-7-5-15(6-8-17)10-20(31)34-2/h3-9,21,25H,10-13H2,1-2H3,(H,26,32)(H,27,30)/t21-,25-/m1/s1. The van der Waals surface area contributed by atoms with Crippen molar-refractivity contribution in [1.29, 1.82) is 0 Å². The van der Waals surface area contributed by atoms with Crippen LogP contribution < -0.4 is 10.6 Å². The third kappa shape index (κ3) is 6.20. The molecule has 1 saturated heterocycles. The number of carbonyl (C=O) groups is 5. The van der Waals surface area contributed by atoms with Gasteiger partial charge < -0.3 is 20.1 Å². The maximum absolute atomic E-state index is 13.3. The summed E-state index contributed by atoms with van der Waals surface area (Å²) < 4.78 is 9.79.